The number of aryl methyl sites for hydroxylation is 2. The Kier molecular flexibility index (Phi) is 5.24. The van der Waals surface area contributed by atoms with E-state index in [2.05, 4.69) is 10.4 Å². The molecular weight excluding hydrogens is 362 g/mol. The number of nitrogens with zero attached hydrogens (tertiary/aromatic N) is 4. The number of amides is 1. The minimum absolute atomic E-state index is 0.131. The van der Waals surface area contributed by atoms with Crippen LogP contribution in [-0.4, -0.2) is 25.5 Å². The van der Waals surface area contributed by atoms with Crippen LogP contribution in [0.15, 0.2) is 73.1 Å². The number of hydrogen-bond acceptors (Lipinski definition) is 3. The molecule has 0 saturated heterocycles. The van der Waals surface area contributed by atoms with Crippen LogP contribution < -0.4 is 5.32 Å². The third kappa shape index (κ3) is 3.96. The van der Waals surface area contributed by atoms with Crippen molar-refractivity contribution < 1.29 is 4.79 Å². The Morgan fingerprint density at radius 2 is 1.66 bits per heavy atom. The fourth-order valence-electron chi connectivity index (χ4n) is 3.26. The molecule has 0 fully saturated rings. The van der Waals surface area contributed by atoms with E-state index in [0.29, 0.717) is 12.1 Å². The molecule has 0 unspecified atom stereocenters. The first-order valence-corrected chi connectivity index (χ1v) is 9.67. The van der Waals surface area contributed by atoms with Crippen LogP contribution in [0.5, 0.6) is 0 Å². The van der Waals surface area contributed by atoms with Crippen molar-refractivity contribution in [3.8, 4) is 16.9 Å². The van der Waals surface area contributed by atoms with Gasteiger partial charge in [0.15, 0.2) is 0 Å². The van der Waals surface area contributed by atoms with E-state index < -0.39 is 0 Å². The number of hydrogen-bond donors (Lipinski definition) is 1. The minimum Gasteiger partial charge on any atom is -0.348 e. The standard InChI is InChI=1S/C23H23N5O/c1-3-27-16-21(17(2)25-27)23(29)24-14-19-15-28(20-12-8-5-9-13-20)26-22(19)18-10-6-4-7-11-18/h4-13,15-16H,3,14H2,1-2H3,(H,24,29). The summed E-state index contributed by atoms with van der Waals surface area (Å²) in [5.74, 6) is -0.131. The fourth-order valence-corrected chi connectivity index (χ4v) is 3.26. The summed E-state index contributed by atoms with van der Waals surface area (Å²) in [6.07, 6.45) is 3.76. The molecule has 2 heterocycles. The summed E-state index contributed by atoms with van der Waals surface area (Å²) in [6, 6.07) is 20.0. The van der Waals surface area contributed by atoms with Crippen molar-refractivity contribution in [2.75, 3.05) is 0 Å². The maximum atomic E-state index is 12.7. The zero-order valence-corrected chi connectivity index (χ0v) is 16.5. The highest BCUT2D eigenvalue weighted by Gasteiger charge is 2.16. The van der Waals surface area contributed by atoms with Crippen molar-refractivity contribution in [2.45, 2.75) is 26.9 Å². The van der Waals surface area contributed by atoms with Gasteiger partial charge >= 0.3 is 0 Å². The summed E-state index contributed by atoms with van der Waals surface area (Å²) in [5, 5.41) is 12.2. The normalized spacial score (nSPS) is 10.8. The first-order valence-electron chi connectivity index (χ1n) is 9.67. The lowest BCUT2D eigenvalue weighted by Crippen LogP contribution is -2.23. The van der Waals surface area contributed by atoms with E-state index in [4.69, 9.17) is 5.10 Å². The van der Waals surface area contributed by atoms with E-state index in [0.717, 1.165) is 34.7 Å². The lowest BCUT2D eigenvalue weighted by Gasteiger charge is -2.05. The number of aromatic nitrogens is 4. The first-order chi connectivity index (χ1) is 14.2. The van der Waals surface area contributed by atoms with Crippen molar-refractivity contribution >= 4 is 5.91 Å². The zero-order valence-electron chi connectivity index (χ0n) is 16.5. The molecule has 0 aliphatic heterocycles. The fraction of sp³-hybridized carbons (Fsp3) is 0.174. The number of carbonyl (C=O) groups excluding carboxylic acids is 1. The highest BCUT2D eigenvalue weighted by Crippen LogP contribution is 2.23. The van der Waals surface area contributed by atoms with E-state index in [-0.39, 0.29) is 5.91 Å². The predicted octanol–water partition coefficient (Wildman–Crippen LogP) is 3.99. The van der Waals surface area contributed by atoms with Crippen LogP contribution in [0.4, 0.5) is 0 Å². The third-order valence-corrected chi connectivity index (χ3v) is 4.81. The van der Waals surface area contributed by atoms with Crippen LogP contribution >= 0.6 is 0 Å². The van der Waals surface area contributed by atoms with Crippen LogP contribution in [-0.2, 0) is 13.1 Å². The Bertz CT molecular complexity index is 1110. The number of nitrogens with one attached hydrogen (secondary N) is 1. The van der Waals surface area contributed by atoms with E-state index in [1.807, 2.05) is 85.4 Å². The average Bonchev–Trinajstić information content (AvgIpc) is 3.37. The van der Waals surface area contributed by atoms with Gasteiger partial charge in [0.2, 0.25) is 0 Å². The van der Waals surface area contributed by atoms with Crippen LogP contribution in [0.3, 0.4) is 0 Å². The summed E-state index contributed by atoms with van der Waals surface area (Å²) in [7, 11) is 0. The summed E-state index contributed by atoms with van der Waals surface area (Å²) < 4.78 is 3.62. The molecule has 1 amide bonds. The Labute approximate surface area is 169 Å². The Hall–Kier alpha value is -3.67. The monoisotopic (exact) mass is 385 g/mol. The molecule has 4 rings (SSSR count). The van der Waals surface area contributed by atoms with Gasteiger partial charge in [-0.2, -0.15) is 10.2 Å². The molecule has 0 radical (unpaired) electrons. The van der Waals surface area contributed by atoms with Crippen LogP contribution in [0.2, 0.25) is 0 Å². The summed E-state index contributed by atoms with van der Waals surface area (Å²) in [4.78, 5) is 12.7. The second-order valence-electron chi connectivity index (χ2n) is 6.82. The molecule has 0 aliphatic carbocycles. The lowest BCUT2D eigenvalue weighted by molar-refractivity contribution is 0.0950. The second-order valence-corrected chi connectivity index (χ2v) is 6.82. The van der Waals surface area contributed by atoms with Gasteiger partial charge in [-0.25, -0.2) is 4.68 Å². The summed E-state index contributed by atoms with van der Waals surface area (Å²) in [6.45, 7) is 4.96. The van der Waals surface area contributed by atoms with Crippen molar-refractivity contribution in [1.29, 1.82) is 0 Å². The van der Waals surface area contributed by atoms with Gasteiger partial charge in [-0.15, -0.1) is 0 Å². The van der Waals surface area contributed by atoms with Crippen molar-refractivity contribution in [3.63, 3.8) is 0 Å². The van der Waals surface area contributed by atoms with Crippen LogP contribution in [0.25, 0.3) is 16.9 Å². The topological polar surface area (TPSA) is 64.7 Å². The highest BCUT2D eigenvalue weighted by molar-refractivity contribution is 5.95. The minimum atomic E-state index is -0.131. The Morgan fingerprint density at radius 3 is 2.31 bits per heavy atom. The largest absolute Gasteiger partial charge is 0.348 e. The van der Waals surface area contributed by atoms with E-state index in [1.54, 1.807) is 10.9 Å². The van der Waals surface area contributed by atoms with E-state index in [9.17, 15) is 4.79 Å². The molecule has 2 aromatic heterocycles. The zero-order chi connectivity index (χ0) is 20.2. The van der Waals surface area contributed by atoms with Crippen molar-refractivity contribution in [2.24, 2.45) is 0 Å². The summed E-state index contributed by atoms with van der Waals surface area (Å²) in [5.41, 5.74) is 5.13. The van der Waals surface area contributed by atoms with Gasteiger partial charge in [0.1, 0.15) is 0 Å². The van der Waals surface area contributed by atoms with Gasteiger partial charge in [0, 0.05) is 36.6 Å². The van der Waals surface area contributed by atoms with E-state index in [1.165, 1.54) is 0 Å². The molecule has 0 spiro atoms. The number of para-hydroxylation sites is 1. The lowest BCUT2D eigenvalue weighted by atomic mass is 10.1. The predicted molar refractivity (Wildman–Crippen MR) is 113 cm³/mol. The molecule has 6 heteroatoms. The molecule has 146 valence electrons. The maximum absolute atomic E-state index is 12.7. The third-order valence-electron chi connectivity index (χ3n) is 4.81. The molecule has 4 aromatic rings. The SMILES string of the molecule is CCn1cc(C(=O)NCc2cn(-c3ccccc3)nc2-c2ccccc2)c(C)n1. The van der Waals surface area contributed by atoms with Crippen LogP contribution in [0.1, 0.15) is 28.5 Å². The van der Waals surface area contributed by atoms with Crippen molar-refractivity contribution in [3.05, 3.63) is 89.9 Å². The molecule has 29 heavy (non-hydrogen) atoms. The number of carbonyl (C=O) groups is 1. The smallest absolute Gasteiger partial charge is 0.255 e. The molecule has 6 nitrogen and oxygen atoms in total. The molecule has 1 N–H and O–H groups in total. The van der Waals surface area contributed by atoms with E-state index >= 15 is 0 Å². The Morgan fingerprint density at radius 1 is 0.966 bits per heavy atom. The molecular formula is C23H23N5O. The molecule has 2 aromatic carbocycles. The second kappa shape index (κ2) is 8.14. The van der Waals surface area contributed by atoms with Gasteiger partial charge in [-0.3, -0.25) is 9.48 Å². The van der Waals surface area contributed by atoms with Gasteiger partial charge in [-0.05, 0) is 26.0 Å². The molecule has 0 saturated carbocycles. The number of rotatable bonds is 6. The molecule has 0 aliphatic rings. The Balaban J connectivity index is 1.62. The summed E-state index contributed by atoms with van der Waals surface area (Å²) >= 11 is 0. The maximum Gasteiger partial charge on any atom is 0.255 e. The average molecular weight is 385 g/mol. The quantitative estimate of drug-likeness (QED) is 0.546. The van der Waals surface area contributed by atoms with Gasteiger partial charge < -0.3 is 5.32 Å². The van der Waals surface area contributed by atoms with Gasteiger partial charge in [0.05, 0.1) is 22.6 Å². The van der Waals surface area contributed by atoms with Crippen molar-refractivity contribution in [1.82, 2.24) is 24.9 Å². The first kappa shape index (κ1) is 18.7. The number of benzene rings is 2. The highest BCUT2D eigenvalue weighted by atomic mass is 16.1. The molecule has 0 atom stereocenters. The van der Waals surface area contributed by atoms with Gasteiger partial charge in [-0.1, -0.05) is 48.5 Å². The molecule has 0 bridgehead atoms. The van der Waals surface area contributed by atoms with Gasteiger partial charge in [0.25, 0.3) is 5.91 Å². The van der Waals surface area contributed by atoms with Crippen LogP contribution in [0, 0.1) is 6.92 Å².